The van der Waals surface area contributed by atoms with Crippen LogP contribution in [0.1, 0.15) is 18.1 Å². The molecule has 0 amide bonds. The van der Waals surface area contributed by atoms with Gasteiger partial charge in [0, 0.05) is 6.54 Å². The van der Waals surface area contributed by atoms with E-state index in [-0.39, 0.29) is 6.54 Å². The molecular weight excluding hydrogens is 218 g/mol. The van der Waals surface area contributed by atoms with E-state index in [0.29, 0.717) is 12.2 Å². The largest absolute Gasteiger partial charge is 0.496 e. The highest BCUT2D eigenvalue weighted by Crippen LogP contribution is 2.28. The molecule has 1 rings (SSSR count). The van der Waals surface area contributed by atoms with Crippen LogP contribution in [0.25, 0.3) is 0 Å². The Labute approximate surface area is 101 Å². The maximum Gasteiger partial charge on any atom is 0.310 e. The number of nitrogens with two attached hydrogens (primary N) is 1. The van der Waals surface area contributed by atoms with Crippen LogP contribution in [0, 0.1) is 12.3 Å². The van der Waals surface area contributed by atoms with Gasteiger partial charge in [-0.2, -0.15) is 0 Å². The van der Waals surface area contributed by atoms with Crippen LogP contribution in [0.3, 0.4) is 0 Å². The molecule has 4 heteroatoms. The number of aliphatic carboxylic acids is 1. The SMILES string of the molecule is COc1ccc(C)cc1CC(C)(CN)C(=O)O. The Balaban J connectivity index is 3.08. The molecule has 1 unspecified atom stereocenters. The van der Waals surface area contributed by atoms with Gasteiger partial charge in [0.25, 0.3) is 0 Å². The minimum atomic E-state index is -0.957. The van der Waals surface area contributed by atoms with Gasteiger partial charge in [0.1, 0.15) is 5.75 Å². The molecular formula is C13H19NO3. The zero-order valence-electron chi connectivity index (χ0n) is 10.5. The van der Waals surface area contributed by atoms with Crippen molar-refractivity contribution in [2.75, 3.05) is 13.7 Å². The molecule has 17 heavy (non-hydrogen) atoms. The van der Waals surface area contributed by atoms with Crippen molar-refractivity contribution < 1.29 is 14.6 Å². The van der Waals surface area contributed by atoms with E-state index in [1.807, 2.05) is 25.1 Å². The van der Waals surface area contributed by atoms with Crippen LogP contribution in [-0.2, 0) is 11.2 Å². The first kappa shape index (κ1) is 13.5. The number of carboxylic acid groups (broad SMARTS) is 1. The fourth-order valence-corrected chi connectivity index (χ4v) is 1.70. The molecule has 0 fully saturated rings. The third-order valence-electron chi connectivity index (χ3n) is 2.98. The van der Waals surface area contributed by atoms with E-state index in [2.05, 4.69) is 0 Å². The molecule has 0 aliphatic carbocycles. The van der Waals surface area contributed by atoms with Crippen LogP contribution in [0.4, 0.5) is 0 Å². The summed E-state index contributed by atoms with van der Waals surface area (Å²) in [6.45, 7) is 3.71. The van der Waals surface area contributed by atoms with Crippen molar-refractivity contribution in [3.63, 3.8) is 0 Å². The van der Waals surface area contributed by atoms with Crippen molar-refractivity contribution in [2.24, 2.45) is 11.1 Å². The second kappa shape index (κ2) is 5.19. The number of methoxy groups -OCH3 is 1. The molecule has 94 valence electrons. The molecule has 0 aromatic heterocycles. The number of carboxylic acids is 1. The summed E-state index contributed by atoms with van der Waals surface area (Å²) in [7, 11) is 1.58. The number of carbonyl (C=O) groups is 1. The minimum Gasteiger partial charge on any atom is -0.496 e. The third-order valence-corrected chi connectivity index (χ3v) is 2.98. The molecule has 0 heterocycles. The van der Waals surface area contributed by atoms with Gasteiger partial charge in [-0.25, -0.2) is 0 Å². The predicted molar refractivity (Wildman–Crippen MR) is 66.2 cm³/mol. The van der Waals surface area contributed by atoms with E-state index in [9.17, 15) is 9.90 Å². The maximum absolute atomic E-state index is 11.2. The van der Waals surface area contributed by atoms with Crippen molar-refractivity contribution in [1.29, 1.82) is 0 Å². The lowest BCUT2D eigenvalue weighted by Crippen LogP contribution is -2.37. The number of rotatable bonds is 5. The first-order chi connectivity index (χ1) is 7.92. The highest BCUT2D eigenvalue weighted by atomic mass is 16.5. The zero-order chi connectivity index (χ0) is 13.1. The summed E-state index contributed by atoms with van der Waals surface area (Å²) in [6, 6.07) is 5.72. The molecule has 4 nitrogen and oxygen atoms in total. The standard InChI is InChI=1S/C13H19NO3/c1-9-4-5-11(17-3)10(6-9)7-13(2,8-14)12(15)16/h4-6H,7-8,14H2,1-3H3,(H,15,16). The number of aryl methyl sites for hydroxylation is 1. The van der Waals surface area contributed by atoms with Crippen molar-refractivity contribution in [3.8, 4) is 5.75 Å². The lowest BCUT2D eigenvalue weighted by atomic mass is 9.83. The molecule has 1 atom stereocenters. The number of ether oxygens (including phenoxy) is 1. The average Bonchev–Trinajstić information content (AvgIpc) is 2.29. The lowest BCUT2D eigenvalue weighted by Gasteiger charge is -2.24. The normalized spacial score (nSPS) is 14.1. The maximum atomic E-state index is 11.2. The Morgan fingerprint density at radius 1 is 1.53 bits per heavy atom. The molecule has 1 aromatic rings. The Kier molecular flexibility index (Phi) is 4.12. The van der Waals surface area contributed by atoms with Crippen molar-refractivity contribution in [1.82, 2.24) is 0 Å². The Hall–Kier alpha value is -1.55. The second-order valence-corrected chi connectivity index (χ2v) is 4.56. The van der Waals surface area contributed by atoms with E-state index < -0.39 is 11.4 Å². The summed E-state index contributed by atoms with van der Waals surface area (Å²) in [4.78, 5) is 11.2. The molecule has 0 bridgehead atoms. The fourth-order valence-electron chi connectivity index (χ4n) is 1.70. The van der Waals surface area contributed by atoms with E-state index >= 15 is 0 Å². The van der Waals surface area contributed by atoms with Crippen molar-refractivity contribution in [3.05, 3.63) is 29.3 Å². The molecule has 0 saturated heterocycles. The van der Waals surface area contributed by atoms with Gasteiger partial charge in [0.05, 0.1) is 12.5 Å². The number of benzene rings is 1. The second-order valence-electron chi connectivity index (χ2n) is 4.56. The van der Waals surface area contributed by atoms with Crippen LogP contribution in [0.15, 0.2) is 18.2 Å². The van der Waals surface area contributed by atoms with Gasteiger partial charge in [-0.3, -0.25) is 4.79 Å². The van der Waals surface area contributed by atoms with Crippen LogP contribution < -0.4 is 10.5 Å². The zero-order valence-corrected chi connectivity index (χ0v) is 10.5. The van der Waals surface area contributed by atoms with Gasteiger partial charge in [-0.15, -0.1) is 0 Å². The lowest BCUT2D eigenvalue weighted by molar-refractivity contribution is -0.147. The van der Waals surface area contributed by atoms with E-state index in [1.165, 1.54) is 0 Å². The van der Waals surface area contributed by atoms with Crippen molar-refractivity contribution in [2.45, 2.75) is 20.3 Å². The highest BCUT2D eigenvalue weighted by molar-refractivity contribution is 5.75. The molecule has 0 spiro atoms. The molecule has 0 aliphatic heterocycles. The Bertz CT molecular complexity index is 417. The van der Waals surface area contributed by atoms with Gasteiger partial charge in [-0.1, -0.05) is 17.7 Å². The average molecular weight is 237 g/mol. The molecule has 0 saturated carbocycles. The van der Waals surface area contributed by atoms with Gasteiger partial charge in [0.2, 0.25) is 0 Å². The predicted octanol–water partition coefficient (Wildman–Crippen LogP) is 1.60. The quantitative estimate of drug-likeness (QED) is 0.815. The first-order valence-electron chi connectivity index (χ1n) is 5.50. The van der Waals surface area contributed by atoms with E-state index in [1.54, 1.807) is 14.0 Å². The summed E-state index contributed by atoms with van der Waals surface area (Å²) < 4.78 is 5.24. The van der Waals surface area contributed by atoms with E-state index in [4.69, 9.17) is 10.5 Å². The van der Waals surface area contributed by atoms with Crippen LogP contribution in [0.5, 0.6) is 5.75 Å². The van der Waals surface area contributed by atoms with Crippen LogP contribution >= 0.6 is 0 Å². The summed E-state index contributed by atoms with van der Waals surface area (Å²) >= 11 is 0. The number of hydrogen-bond acceptors (Lipinski definition) is 3. The van der Waals surface area contributed by atoms with Gasteiger partial charge in [-0.05, 0) is 31.9 Å². The smallest absolute Gasteiger partial charge is 0.310 e. The Morgan fingerprint density at radius 2 is 2.18 bits per heavy atom. The molecule has 0 aliphatic rings. The molecule has 1 aromatic carbocycles. The number of hydrogen-bond donors (Lipinski definition) is 2. The summed E-state index contributed by atoms with van der Waals surface area (Å²) in [5.41, 5.74) is 6.56. The first-order valence-corrected chi connectivity index (χ1v) is 5.50. The van der Waals surface area contributed by atoms with Crippen LogP contribution in [0.2, 0.25) is 0 Å². The van der Waals surface area contributed by atoms with Gasteiger partial charge < -0.3 is 15.6 Å². The molecule has 0 radical (unpaired) electrons. The highest BCUT2D eigenvalue weighted by Gasteiger charge is 2.32. The van der Waals surface area contributed by atoms with Crippen LogP contribution in [-0.4, -0.2) is 24.7 Å². The van der Waals surface area contributed by atoms with E-state index in [0.717, 1.165) is 11.1 Å². The van der Waals surface area contributed by atoms with Gasteiger partial charge >= 0.3 is 5.97 Å². The monoisotopic (exact) mass is 237 g/mol. The summed E-state index contributed by atoms with van der Waals surface area (Å²) in [5, 5.41) is 9.21. The third kappa shape index (κ3) is 2.97. The topological polar surface area (TPSA) is 72.5 Å². The van der Waals surface area contributed by atoms with Gasteiger partial charge in [0.15, 0.2) is 0 Å². The molecule has 3 N–H and O–H groups in total. The fraction of sp³-hybridized carbons (Fsp3) is 0.462. The summed E-state index contributed by atoms with van der Waals surface area (Å²) in [6.07, 6.45) is 0.365. The summed E-state index contributed by atoms with van der Waals surface area (Å²) in [5.74, 6) is -0.180. The van der Waals surface area contributed by atoms with Crippen molar-refractivity contribution >= 4 is 5.97 Å². The Morgan fingerprint density at radius 3 is 2.65 bits per heavy atom. The minimum absolute atomic E-state index is 0.0967.